The summed E-state index contributed by atoms with van der Waals surface area (Å²) < 4.78 is 0. The molecule has 66 valence electrons. The Bertz CT molecular complexity index is 341. The van der Waals surface area contributed by atoms with Crippen molar-refractivity contribution in [3.05, 3.63) is 48.0 Å². The van der Waals surface area contributed by atoms with Gasteiger partial charge < -0.3 is 5.73 Å². The number of rotatable bonds is 3. The molecule has 0 fully saturated rings. The van der Waals surface area contributed by atoms with Crippen LogP contribution in [0.25, 0.3) is 0 Å². The smallest absolute Gasteiger partial charge is 0.241 e. The maximum atomic E-state index is 11.3. The summed E-state index contributed by atoms with van der Waals surface area (Å²) in [7, 11) is 0. The molecule has 1 aromatic carbocycles. The predicted molar refractivity (Wildman–Crippen MR) is 49.1 cm³/mol. The molecular formula is C10H9NO2. The molecule has 0 spiro atoms. The van der Waals surface area contributed by atoms with Crippen molar-refractivity contribution in [3.8, 4) is 0 Å². The Morgan fingerprint density at radius 1 is 1.08 bits per heavy atom. The van der Waals surface area contributed by atoms with Gasteiger partial charge in [-0.25, -0.2) is 0 Å². The average Bonchev–Trinajstić information content (AvgIpc) is 2.15. The number of ketones is 1. The Morgan fingerprint density at radius 2 is 1.69 bits per heavy atom. The number of nitrogens with two attached hydrogens (primary N) is 1. The predicted octanol–water partition coefficient (Wildman–Crippen LogP) is 0.911. The molecule has 13 heavy (non-hydrogen) atoms. The van der Waals surface area contributed by atoms with Crippen LogP contribution in [0.2, 0.25) is 0 Å². The molecule has 0 saturated carbocycles. The van der Waals surface area contributed by atoms with Crippen molar-refractivity contribution >= 4 is 11.7 Å². The highest BCUT2D eigenvalue weighted by molar-refractivity contribution is 6.07. The molecule has 1 rings (SSSR count). The first-order valence-electron chi connectivity index (χ1n) is 3.77. The molecule has 0 aliphatic rings. The van der Waals surface area contributed by atoms with E-state index >= 15 is 0 Å². The first-order chi connectivity index (χ1) is 6.20. The molecule has 1 amide bonds. The molecule has 0 atom stereocenters. The summed E-state index contributed by atoms with van der Waals surface area (Å²) in [5.74, 6) is -0.844. The van der Waals surface area contributed by atoms with Gasteiger partial charge in [0, 0.05) is 11.6 Å². The molecule has 0 bridgehead atoms. The summed E-state index contributed by atoms with van der Waals surface area (Å²) in [6.45, 7) is 0. The standard InChI is InChI=1S/C10H9NO2/c11-10(13)7-6-9(12)8-4-2-1-3-5-8/h1-7H,(H2,11,13)/b7-6+. The summed E-state index contributed by atoms with van der Waals surface area (Å²) in [5, 5.41) is 0. The number of allylic oxidation sites excluding steroid dienone is 1. The Hall–Kier alpha value is -1.90. The zero-order chi connectivity index (χ0) is 9.68. The van der Waals surface area contributed by atoms with Gasteiger partial charge >= 0.3 is 0 Å². The van der Waals surface area contributed by atoms with E-state index < -0.39 is 5.91 Å². The van der Waals surface area contributed by atoms with Crippen molar-refractivity contribution in [2.24, 2.45) is 5.73 Å². The second kappa shape index (κ2) is 4.21. The van der Waals surface area contributed by atoms with Gasteiger partial charge in [-0.15, -0.1) is 0 Å². The number of hydrogen-bond donors (Lipinski definition) is 1. The minimum absolute atomic E-state index is 0.223. The van der Waals surface area contributed by atoms with Gasteiger partial charge in [0.25, 0.3) is 0 Å². The van der Waals surface area contributed by atoms with Crippen LogP contribution >= 0.6 is 0 Å². The maximum Gasteiger partial charge on any atom is 0.241 e. The highest BCUT2D eigenvalue weighted by atomic mass is 16.1. The zero-order valence-electron chi connectivity index (χ0n) is 6.94. The van der Waals surface area contributed by atoms with E-state index in [1.54, 1.807) is 24.3 Å². The minimum Gasteiger partial charge on any atom is -0.366 e. The molecule has 0 heterocycles. The summed E-state index contributed by atoms with van der Waals surface area (Å²) in [6.07, 6.45) is 2.22. The molecule has 2 N–H and O–H groups in total. The van der Waals surface area contributed by atoms with Crippen LogP contribution in [-0.2, 0) is 4.79 Å². The lowest BCUT2D eigenvalue weighted by molar-refractivity contribution is -0.113. The fourth-order valence-electron chi connectivity index (χ4n) is 0.856. The van der Waals surface area contributed by atoms with E-state index in [9.17, 15) is 9.59 Å². The molecule has 0 aliphatic heterocycles. The third-order valence-corrected chi connectivity index (χ3v) is 1.46. The minimum atomic E-state index is -0.621. The van der Waals surface area contributed by atoms with E-state index in [2.05, 4.69) is 0 Å². The summed E-state index contributed by atoms with van der Waals surface area (Å²) in [6, 6.07) is 8.67. The van der Waals surface area contributed by atoms with Crippen LogP contribution in [0.15, 0.2) is 42.5 Å². The number of primary amides is 1. The number of carbonyl (C=O) groups excluding carboxylic acids is 2. The lowest BCUT2D eigenvalue weighted by atomic mass is 10.1. The van der Waals surface area contributed by atoms with Crippen molar-refractivity contribution in [2.75, 3.05) is 0 Å². The molecule has 0 radical (unpaired) electrons. The van der Waals surface area contributed by atoms with E-state index in [0.29, 0.717) is 5.56 Å². The fraction of sp³-hybridized carbons (Fsp3) is 0. The SMILES string of the molecule is NC(=O)/C=C/C(=O)c1ccccc1. The van der Waals surface area contributed by atoms with Gasteiger partial charge in [-0.3, -0.25) is 9.59 Å². The van der Waals surface area contributed by atoms with Crippen molar-refractivity contribution in [1.82, 2.24) is 0 Å². The number of benzene rings is 1. The molecule has 0 saturated heterocycles. The van der Waals surface area contributed by atoms with Crippen molar-refractivity contribution < 1.29 is 9.59 Å². The lowest BCUT2D eigenvalue weighted by Crippen LogP contribution is -2.06. The van der Waals surface area contributed by atoms with Crippen LogP contribution in [0.5, 0.6) is 0 Å². The van der Waals surface area contributed by atoms with E-state index in [4.69, 9.17) is 5.73 Å². The quantitative estimate of drug-likeness (QED) is 0.548. The number of amides is 1. The van der Waals surface area contributed by atoms with Crippen LogP contribution < -0.4 is 5.73 Å². The van der Waals surface area contributed by atoms with Crippen molar-refractivity contribution in [1.29, 1.82) is 0 Å². The van der Waals surface area contributed by atoms with Crippen molar-refractivity contribution in [2.45, 2.75) is 0 Å². The highest BCUT2D eigenvalue weighted by Crippen LogP contribution is 2.00. The third kappa shape index (κ3) is 2.91. The van der Waals surface area contributed by atoms with E-state index in [1.165, 1.54) is 0 Å². The van der Waals surface area contributed by atoms with Crippen LogP contribution in [0.1, 0.15) is 10.4 Å². The molecule has 3 heteroatoms. The molecule has 0 aromatic heterocycles. The Labute approximate surface area is 75.9 Å². The second-order valence-corrected chi connectivity index (χ2v) is 2.47. The third-order valence-electron chi connectivity index (χ3n) is 1.46. The van der Waals surface area contributed by atoms with Crippen LogP contribution in [0.3, 0.4) is 0 Å². The molecular weight excluding hydrogens is 166 g/mol. The van der Waals surface area contributed by atoms with Crippen LogP contribution in [0.4, 0.5) is 0 Å². The summed E-state index contributed by atoms with van der Waals surface area (Å²) in [5.41, 5.74) is 5.38. The first-order valence-corrected chi connectivity index (χ1v) is 3.77. The van der Waals surface area contributed by atoms with Gasteiger partial charge in [0.1, 0.15) is 0 Å². The van der Waals surface area contributed by atoms with E-state index in [0.717, 1.165) is 12.2 Å². The molecule has 1 aromatic rings. The summed E-state index contributed by atoms with van der Waals surface area (Å²) >= 11 is 0. The van der Waals surface area contributed by atoms with Gasteiger partial charge in [-0.1, -0.05) is 30.3 Å². The van der Waals surface area contributed by atoms with E-state index in [1.807, 2.05) is 6.07 Å². The highest BCUT2D eigenvalue weighted by Gasteiger charge is 1.99. The molecule has 0 aliphatic carbocycles. The number of carbonyl (C=O) groups is 2. The summed E-state index contributed by atoms with van der Waals surface area (Å²) in [4.78, 5) is 21.6. The van der Waals surface area contributed by atoms with Gasteiger partial charge in [-0.05, 0) is 6.08 Å². The topological polar surface area (TPSA) is 60.2 Å². The number of hydrogen-bond acceptors (Lipinski definition) is 2. The monoisotopic (exact) mass is 175 g/mol. The van der Waals surface area contributed by atoms with E-state index in [-0.39, 0.29) is 5.78 Å². The van der Waals surface area contributed by atoms with Gasteiger partial charge in [0.15, 0.2) is 5.78 Å². The van der Waals surface area contributed by atoms with Crippen molar-refractivity contribution in [3.63, 3.8) is 0 Å². The normalized spacial score (nSPS) is 10.2. The Kier molecular flexibility index (Phi) is 2.97. The fourth-order valence-corrected chi connectivity index (χ4v) is 0.856. The van der Waals surface area contributed by atoms with Gasteiger partial charge in [0.2, 0.25) is 5.91 Å². The largest absolute Gasteiger partial charge is 0.366 e. The van der Waals surface area contributed by atoms with Gasteiger partial charge in [0.05, 0.1) is 0 Å². The zero-order valence-corrected chi connectivity index (χ0v) is 6.94. The maximum absolute atomic E-state index is 11.3. The molecule has 0 unspecified atom stereocenters. The Balaban J connectivity index is 2.76. The van der Waals surface area contributed by atoms with Gasteiger partial charge in [-0.2, -0.15) is 0 Å². The molecule has 3 nitrogen and oxygen atoms in total. The Morgan fingerprint density at radius 3 is 2.23 bits per heavy atom. The van der Waals surface area contributed by atoms with Crippen LogP contribution in [0, 0.1) is 0 Å². The average molecular weight is 175 g/mol. The van der Waals surface area contributed by atoms with Crippen LogP contribution in [-0.4, -0.2) is 11.7 Å². The lowest BCUT2D eigenvalue weighted by Gasteiger charge is -1.92. The second-order valence-electron chi connectivity index (χ2n) is 2.47. The first kappa shape index (κ1) is 9.19.